The molecule has 1 fully saturated rings. The third kappa shape index (κ3) is 1.94. The van der Waals surface area contributed by atoms with E-state index in [2.05, 4.69) is 4.98 Å². The minimum absolute atomic E-state index is 0.464. The average molecular weight is 291 g/mol. The van der Waals surface area contributed by atoms with Crippen molar-refractivity contribution in [3.05, 3.63) is 16.3 Å². The number of anilines is 1. The Labute approximate surface area is 121 Å². The number of aryl methyl sites for hydroxylation is 2. The molecule has 5 heteroatoms. The summed E-state index contributed by atoms with van der Waals surface area (Å²) in [5.74, 6) is 2.91. The van der Waals surface area contributed by atoms with E-state index in [1.807, 2.05) is 23.1 Å². The molecule has 1 atom stereocenters. The summed E-state index contributed by atoms with van der Waals surface area (Å²) in [4.78, 5) is 12.1. The van der Waals surface area contributed by atoms with Gasteiger partial charge in [-0.3, -0.25) is 0 Å². The van der Waals surface area contributed by atoms with Crippen LogP contribution in [-0.2, 0) is 12.8 Å². The third-order valence-corrected chi connectivity index (χ3v) is 6.64. The molecule has 4 rings (SSSR count). The highest BCUT2D eigenvalue weighted by Crippen LogP contribution is 2.42. The second-order valence-electron chi connectivity index (χ2n) is 5.36. The van der Waals surface area contributed by atoms with E-state index in [1.165, 1.54) is 48.3 Å². The molecule has 2 aromatic heterocycles. The van der Waals surface area contributed by atoms with E-state index in [0.29, 0.717) is 11.1 Å². The van der Waals surface area contributed by atoms with E-state index in [4.69, 9.17) is 10.7 Å². The highest BCUT2D eigenvalue weighted by molar-refractivity contribution is 7.99. The molecule has 0 aromatic carbocycles. The zero-order valence-electron chi connectivity index (χ0n) is 10.8. The van der Waals surface area contributed by atoms with Gasteiger partial charge in [-0.15, -0.1) is 11.3 Å². The SMILES string of the molecule is Nc1nc(C2CCCS2)nc2sc3c(c12)CCCC3. The van der Waals surface area contributed by atoms with Gasteiger partial charge in [0.15, 0.2) is 0 Å². The lowest BCUT2D eigenvalue weighted by Crippen LogP contribution is -2.04. The Bertz CT molecular complexity index is 629. The zero-order valence-corrected chi connectivity index (χ0v) is 12.4. The van der Waals surface area contributed by atoms with E-state index < -0.39 is 0 Å². The van der Waals surface area contributed by atoms with E-state index in [1.54, 1.807) is 0 Å². The molecule has 3 nitrogen and oxygen atoms in total. The summed E-state index contributed by atoms with van der Waals surface area (Å²) in [5.41, 5.74) is 7.68. The van der Waals surface area contributed by atoms with Gasteiger partial charge >= 0.3 is 0 Å². The van der Waals surface area contributed by atoms with Crippen LogP contribution in [0.25, 0.3) is 10.2 Å². The van der Waals surface area contributed by atoms with Crippen LogP contribution >= 0.6 is 23.1 Å². The summed E-state index contributed by atoms with van der Waals surface area (Å²) in [6.45, 7) is 0. The lowest BCUT2D eigenvalue weighted by molar-refractivity contribution is 0.700. The molecule has 19 heavy (non-hydrogen) atoms. The van der Waals surface area contributed by atoms with Crippen molar-refractivity contribution in [3.63, 3.8) is 0 Å². The number of thiophene rings is 1. The number of fused-ring (bicyclic) bond motifs is 3. The highest BCUT2D eigenvalue weighted by atomic mass is 32.2. The molecule has 1 saturated heterocycles. The molecule has 0 radical (unpaired) electrons. The summed E-state index contributed by atoms with van der Waals surface area (Å²) in [6.07, 6.45) is 7.40. The Morgan fingerprint density at radius 2 is 2.00 bits per heavy atom. The first kappa shape index (κ1) is 12.0. The van der Waals surface area contributed by atoms with Gasteiger partial charge in [0.1, 0.15) is 16.5 Å². The summed E-state index contributed by atoms with van der Waals surface area (Å²) in [7, 11) is 0. The van der Waals surface area contributed by atoms with Gasteiger partial charge in [-0.1, -0.05) is 0 Å². The zero-order chi connectivity index (χ0) is 12.8. The van der Waals surface area contributed by atoms with Crippen LogP contribution in [0.5, 0.6) is 0 Å². The minimum Gasteiger partial charge on any atom is -0.383 e. The van der Waals surface area contributed by atoms with Gasteiger partial charge in [0.05, 0.1) is 10.6 Å². The largest absolute Gasteiger partial charge is 0.383 e. The predicted octanol–water partition coefficient (Wildman–Crippen LogP) is 3.72. The van der Waals surface area contributed by atoms with Crippen LogP contribution in [0.4, 0.5) is 5.82 Å². The second kappa shape index (κ2) is 4.63. The number of thioether (sulfide) groups is 1. The fourth-order valence-corrected chi connectivity index (χ4v) is 5.61. The second-order valence-corrected chi connectivity index (χ2v) is 7.75. The fourth-order valence-electron chi connectivity index (χ4n) is 3.13. The van der Waals surface area contributed by atoms with Gasteiger partial charge in [-0.05, 0) is 49.8 Å². The van der Waals surface area contributed by atoms with E-state index in [-0.39, 0.29) is 0 Å². The Balaban J connectivity index is 1.87. The van der Waals surface area contributed by atoms with Crippen LogP contribution in [0.1, 0.15) is 47.2 Å². The number of aromatic nitrogens is 2. The molecule has 100 valence electrons. The van der Waals surface area contributed by atoms with Crippen molar-refractivity contribution >= 4 is 39.1 Å². The topological polar surface area (TPSA) is 51.8 Å². The van der Waals surface area contributed by atoms with Crippen molar-refractivity contribution < 1.29 is 0 Å². The highest BCUT2D eigenvalue weighted by Gasteiger charge is 2.24. The molecular formula is C14H17N3S2. The normalized spacial score (nSPS) is 22.8. The number of nitrogens with two attached hydrogens (primary N) is 1. The van der Waals surface area contributed by atoms with Gasteiger partial charge < -0.3 is 5.73 Å². The van der Waals surface area contributed by atoms with Crippen LogP contribution in [0.3, 0.4) is 0 Å². The summed E-state index contributed by atoms with van der Waals surface area (Å²) < 4.78 is 0. The lowest BCUT2D eigenvalue weighted by Gasteiger charge is -2.11. The maximum absolute atomic E-state index is 6.24. The number of rotatable bonds is 1. The third-order valence-electron chi connectivity index (χ3n) is 4.08. The standard InChI is InChI=1S/C14H17N3S2/c15-12-11-8-4-1-2-5-9(8)19-14(11)17-13(16-12)10-6-3-7-18-10/h10H,1-7H2,(H2,15,16,17). The number of nitrogens with zero attached hydrogens (tertiary/aromatic N) is 2. The Morgan fingerprint density at radius 3 is 2.84 bits per heavy atom. The molecule has 1 aliphatic carbocycles. The molecular weight excluding hydrogens is 274 g/mol. The van der Waals surface area contributed by atoms with Crippen LogP contribution in [-0.4, -0.2) is 15.7 Å². The first-order valence-corrected chi connectivity index (χ1v) is 8.89. The maximum Gasteiger partial charge on any atom is 0.145 e. The quantitative estimate of drug-likeness (QED) is 0.870. The van der Waals surface area contributed by atoms with Crippen LogP contribution in [0.15, 0.2) is 0 Å². The molecule has 2 aliphatic rings. The predicted molar refractivity (Wildman–Crippen MR) is 82.9 cm³/mol. The first-order chi connectivity index (χ1) is 9.33. The molecule has 0 bridgehead atoms. The van der Waals surface area contributed by atoms with Gasteiger partial charge in [0.25, 0.3) is 0 Å². The van der Waals surface area contributed by atoms with Gasteiger partial charge in [0, 0.05) is 4.88 Å². The monoisotopic (exact) mass is 291 g/mol. The van der Waals surface area contributed by atoms with Crippen LogP contribution in [0.2, 0.25) is 0 Å². The molecule has 2 N–H and O–H groups in total. The van der Waals surface area contributed by atoms with Crippen molar-refractivity contribution in [2.45, 2.75) is 43.8 Å². The van der Waals surface area contributed by atoms with Gasteiger partial charge in [0.2, 0.25) is 0 Å². The molecule has 1 aliphatic heterocycles. The van der Waals surface area contributed by atoms with Crippen molar-refractivity contribution in [2.75, 3.05) is 11.5 Å². The summed E-state index contributed by atoms with van der Waals surface area (Å²) >= 11 is 3.82. The average Bonchev–Trinajstić information content (AvgIpc) is 3.05. The molecule has 0 saturated carbocycles. The summed E-state index contributed by atoms with van der Waals surface area (Å²) in [5, 5.41) is 1.62. The van der Waals surface area contributed by atoms with Crippen molar-refractivity contribution in [2.24, 2.45) is 0 Å². The molecule has 0 spiro atoms. The number of nitrogen functional groups attached to an aromatic ring is 1. The van der Waals surface area contributed by atoms with E-state index in [9.17, 15) is 0 Å². The maximum atomic E-state index is 6.24. The molecule has 2 aromatic rings. The lowest BCUT2D eigenvalue weighted by atomic mass is 9.97. The van der Waals surface area contributed by atoms with Crippen molar-refractivity contribution in [1.82, 2.24) is 9.97 Å². The van der Waals surface area contributed by atoms with E-state index in [0.717, 1.165) is 22.5 Å². The van der Waals surface area contributed by atoms with Gasteiger partial charge in [-0.2, -0.15) is 11.8 Å². The van der Waals surface area contributed by atoms with Crippen molar-refractivity contribution in [3.8, 4) is 0 Å². The van der Waals surface area contributed by atoms with E-state index >= 15 is 0 Å². The molecule has 3 heterocycles. The Morgan fingerprint density at radius 1 is 1.11 bits per heavy atom. The minimum atomic E-state index is 0.464. The molecule has 1 unspecified atom stereocenters. The van der Waals surface area contributed by atoms with Crippen LogP contribution in [0, 0.1) is 0 Å². The summed E-state index contributed by atoms with van der Waals surface area (Å²) in [6, 6.07) is 0. The Hall–Kier alpha value is -0.810. The van der Waals surface area contributed by atoms with Crippen molar-refractivity contribution in [1.29, 1.82) is 0 Å². The fraction of sp³-hybridized carbons (Fsp3) is 0.571. The number of hydrogen-bond acceptors (Lipinski definition) is 5. The smallest absolute Gasteiger partial charge is 0.145 e. The molecule has 0 amide bonds. The number of hydrogen-bond donors (Lipinski definition) is 1. The van der Waals surface area contributed by atoms with Crippen LogP contribution < -0.4 is 5.73 Å². The Kier molecular flexibility index (Phi) is 2.92. The van der Waals surface area contributed by atoms with Gasteiger partial charge in [-0.25, -0.2) is 9.97 Å². The first-order valence-electron chi connectivity index (χ1n) is 7.02.